The van der Waals surface area contributed by atoms with Crippen LogP contribution in [0.4, 0.5) is 19.3 Å². The minimum Gasteiger partial charge on any atom is -0.481 e. The summed E-state index contributed by atoms with van der Waals surface area (Å²) in [5, 5.41) is 13.1. The minimum absolute atomic E-state index is 0.187. The van der Waals surface area contributed by atoms with Crippen LogP contribution in [0.2, 0.25) is 0 Å². The van der Waals surface area contributed by atoms with Crippen molar-refractivity contribution in [1.82, 2.24) is 5.32 Å². The lowest BCUT2D eigenvalue weighted by atomic mass is 9.94. The molecule has 1 aromatic carbocycles. The van der Waals surface area contributed by atoms with Gasteiger partial charge in [0.25, 0.3) is 0 Å². The van der Waals surface area contributed by atoms with Crippen LogP contribution < -0.4 is 10.6 Å². The van der Waals surface area contributed by atoms with E-state index in [4.69, 9.17) is 5.11 Å². The fraction of sp³-hybridized carbons (Fsp3) is 0.333. The fourth-order valence-corrected chi connectivity index (χ4v) is 1.60. The van der Waals surface area contributed by atoms with Crippen molar-refractivity contribution in [2.45, 2.75) is 13.8 Å². The van der Waals surface area contributed by atoms with Gasteiger partial charge in [-0.25, -0.2) is 13.6 Å². The molecule has 0 spiro atoms. The minimum atomic E-state index is -1.19. The maximum Gasteiger partial charge on any atom is 0.319 e. The second kappa shape index (κ2) is 6.17. The smallest absolute Gasteiger partial charge is 0.319 e. The summed E-state index contributed by atoms with van der Waals surface area (Å²) in [6, 6.07) is 1.11. The molecule has 5 nitrogen and oxygen atoms in total. The molecule has 0 heterocycles. The Morgan fingerprint density at radius 1 is 1.30 bits per heavy atom. The van der Waals surface area contributed by atoms with Gasteiger partial charge in [-0.3, -0.25) is 4.79 Å². The van der Waals surface area contributed by atoms with Crippen molar-refractivity contribution in [3.05, 3.63) is 28.2 Å². The summed E-state index contributed by atoms with van der Waals surface area (Å²) in [5.74, 6) is -2.98. The summed E-state index contributed by atoms with van der Waals surface area (Å²) < 4.78 is 27.1. The van der Waals surface area contributed by atoms with E-state index in [-0.39, 0.29) is 11.0 Å². The van der Waals surface area contributed by atoms with Gasteiger partial charge in [-0.15, -0.1) is 0 Å². The zero-order valence-corrected chi connectivity index (χ0v) is 12.3. The molecule has 3 N–H and O–H groups in total. The van der Waals surface area contributed by atoms with E-state index in [1.54, 1.807) is 0 Å². The number of carbonyl (C=O) groups is 2. The van der Waals surface area contributed by atoms with Crippen molar-refractivity contribution >= 4 is 33.6 Å². The molecule has 0 saturated heterocycles. The molecule has 0 atom stereocenters. The largest absolute Gasteiger partial charge is 0.481 e. The van der Waals surface area contributed by atoms with Gasteiger partial charge in [0.1, 0.15) is 5.69 Å². The Morgan fingerprint density at radius 3 is 2.25 bits per heavy atom. The van der Waals surface area contributed by atoms with E-state index in [0.717, 1.165) is 12.1 Å². The highest BCUT2D eigenvalue weighted by Crippen LogP contribution is 2.23. The number of carbonyl (C=O) groups excluding carboxylic acids is 1. The lowest BCUT2D eigenvalue weighted by Gasteiger charge is -2.19. The van der Waals surface area contributed by atoms with Gasteiger partial charge in [0.15, 0.2) is 11.6 Å². The predicted octanol–water partition coefficient (Wildman–Crippen LogP) is 2.96. The lowest BCUT2D eigenvalue weighted by molar-refractivity contribution is -0.146. The number of urea groups is 1. The number of nitrogens with one attached hydrogen (secondary N) is 2. The summed E-state index contributed by atoms with van der Waals surface area (Å²) in [4.78, 5) is 22.4. The van der Waals surface area contributed by atoms with Gasteiger partial charge in [-0.2, -0.15) is 0 Å². The summed E-state index contributed by atoms with van der Waals surface area (Å²) in [6.07, 6.45) is 0. The standard InChI is InChI=1S/C12H13BrF2N2O3/c1-12(2,10(18)19)5-16-11(20)17-9-7(14)3-6(13)4-8(9)15/h3-4H,5H2,1-2H3,(H,18,19)(H2,16,17,20). The maximum atomic E-state index is 13.5. The van der Waals surface area contributed by atoms with Crippen molar-refractivity contribution in [2.24, 2.45) is 5.41 Å². The summed E-state index contributed by atoms with van der Waals surface area (Å²) in [6.45, 7) is 2.64. The Hall–Kier alpha value is -1.70. The van der Waals surface area contributed by atoms with Crippen LogP contribution in [-0.2, 0) is 4.79 Å². The number of carboxylic acids is 1. The molecule has 110 valence electrons. The Labute approximate surface area is 122 Å². The van der Waals surface area contributed by atoms with Gasteiger partial charge in [-0.1, -0.05) is 15.9 Å². The first-order chi connectivity index (χ1) is 9.13. The maximum absolute atomic E-state index is 13.5. The molecule has 0 bridgehead atoms. The van der Waals surface area contributed by atoms with Crippen LogP contribution >= 0.6 is 15.9 Å². The van der Waals surface area contributed by atoms with Crippen molar-refractivity contribution in [1.29, 1.82) is 0 Å². The molecule has 0 aliphatic heterocycles. The van der Waals surface area contributed by atoms with Crippen molar-refractivity contribution in [2.75, 3.05) is 11.9 Å². The van der Waals surface area contributed by atoms with E-state index >= 15 is 0 Å². The van der Waals surface area contributed by atoms with E-state index in [1.807, 2.05) is 5.32 Å². The molecule has 2 amide bonds. The Kier molecular flexibility index (Phi) is 5.04. The van der Waals surface area contributed by atoms with Crippen molar-refractivity contribution < 1.29 is 23.5 Å². The monoisotopic (exact) mass is 350 g/mol. The number of carboxylic acid groups (broad SMARTS) is 1. The van der Waals surface area contributed by atoms with Crippen LogP contribution in [0.3, 0.4) is 0 Å². The Morgan fingerprint density at radius 2 is 1.80 bits per heavy atom. The number of hydrogen-bond donors (Lipinski definition) is 3. The van der Waals surface area contributed by atoms with E-state index < -0.39 is 34.7 Å². The zero-order chi connectivity index (χ0) is 15.5. The zero-order valence-electron chi connectivity index (χ0n) is 10.8. The van der Waals surface area contributed by atoms with Crippen LogP contribution in [0.1, 0.15) is 13.8 Å². The molecule has 0 saturated carbocycles. The van der Waals surface area contributed by atoms with Gasteiger partial charge in [0, 0.05) is 11.0 Å². The fourth-order valence-electron chi connectivity index (χ4n) is 1.20. The van der Waals surface area contributed by atoms with Crippen molar-refractivity contribution in [3.8, 4) is 0 Å². The third-order valence-electron chi connectivity index (χ3n) is 2.52. The topological polar surface area (TPSA) is 78.4 Å². The quantitative estimate of drug-likeness (QED) is 0.781. The molecule has 0 aliphatic carbocycles. The Balaban J connectivity index is 2.71. The SMILES string of the molecule is CC(C)(CNC(=O)Nc1c(F)cc(Br)cc1F)C(=O)O. The second-order valence-corrected chi connectivity index (χ2v) is 5.66. The highest BCUT2D eigenvalue weighted by Gasteiger charge is 2.27. The third-order valence-corrected chi connectivity index (χ3v) is 2.97. The molecule has 0 aromatic heterocycles. The number of benzene rings is 1. The Bertz CT molecular complexity index is 526. The molecular formula is C12H13BrF2N2O3. The number of rotatable bonds is 4. The van der Waals surface area contributed by atoms with Gasteiger partial charge in [0.2, 0.25) is 0 Å². The number of amides is 2. The molecule has 0 aliphatic rings. The van der Waals surface area contributed by atoms with Gasteiger partial charge < -0.3 is 15.7 Å². The first-order valence-corrected chi connectivity index (χ1v) is 6.35. The van der Waals surface area contributed by atoms with E-state index in [1.165, 1.54) is 13.8 Å². The van der Waals surface area contributed by atoms with Crippen LogP contribution in [0.15, 0.2) is 16.6 Å². The van der Waals surface area contributed by atoms with E-state index in [9.17, 15) is 18.4 Å². The van der Waals surface area contributed by atoms with E-state index in [0.29, 0.717) is 0 Å². The van der Waals surface area contributed by atoms with Crippen molar-refractivity contribution in [3.63, 3.8) is 0 Å². The highest BCUT2D eigenvalue weighted by molar-refractivity contribution is 9.10. The molecule has 1 aromatic rings. The van der Waals surface area contributed by atoms with Gasteiger partial charge in [0.05, 0.1) is 5.41 Å². The summed E-state index contributed by atoms with van der Waals surface area (Å²) in [7, 11) is 0. The molecule has 0 radical (unpaired) electrons. The third kappa shape index (κ3) is 4.16. The molecular weight excluding hydrogens is 338 g/mol. The first-order valence-electron chi connectivity index (χ1n) is 5.56. The number of halogens is 3. The number of hydrogen-bond acceptors (Lipinski definition) is 2. The van der Waals surface area contributed by atoms with Crippen LogP contribution in [0.25, 0.3) is 0 Å². The van der Waals surface area contributed by atoms with Crippen LogP contribution in [-0.4, -0.2) is 23.7 Å². The average molecular weight is 351 g/mol. The van der Waals surface area contributed by atoms with Crippen LogP contribution in [0.5, 0.6) is 0 Å². The van der Waals surface area contributed by atoms with E-state index in [2.05, 4.69) is 21.2 Å². The summed E-state index contributed by atoms with van der Waals surface area (Å²) >= 11 is 2.91. The molecule has 1 rings (SSSR count). The molecule has 8 heteroatoms. The normalized spacial score (nSPS) is 11.1. The number of anilines is 1. The summed E-state index contributed by atoms with van der Waals surface area (Å²) in [5.41, 5.74) is -1.78. The predicted molar refractivity (Wildman–Crippen MR) is 72.5 cm³/mol. The molecule has 0 unspecified atom stereocenters. The van der Waals surface area contributed by atoms with Crippen LogP contribution in [0, 0.1) is 17.0 Å². The highest BCUT2D eigenvalue weighted by atomic mass is 79.9. The average Bonchev–Trinajstić information content (AvgIpc) is 2.31. The van der Waals surface area contributed by atoms with Gasteiger partial charge >= 0.3 is 12.0 Å². The first kappa shape index (κ1) is 16.4. The molecule has 0 fully saturated rings. The lowest BCUT2D eigenvalue weighted by Crippen LogP contribution is -2.40. The number of aliphatic carboxylic acids is 1. The van der Waals surface area contributed by atoms with Gasteiger partial charge in [-0.05, 0) is 26.0 Å². The second-order valence-electron chi connectivity index (χ2n) is 4.74. The molecule has 20 heavy (non-hydrogen) atoms.